The predicted molar refractivity (Wildman–Crippen MR) is 85.2 cm³/mol. The smallest absolute Gasteiger partial charge is 0.228 e. The number of rotatable bonds is 5. The molecule has 134 valence electrons. The normalized spacial score (nSPS) is 20.7. The summed E-state index contributed by atoms with van der Waals surface area (Å²) < 4.78 is 23.5. The monoisotopic (exact) mass is 349 g/mol. The van der Waals surface area contributed by atoms with E-state index in [1.807, 2.05) is 0 Å². The number of carbonyl (C=O) groups excluding carboxylic acids is 1. The number of hydrogen-bond donors (Lipinski definition) is 1. The number of benzene rings is 1. The topological polar surface area (TPSA) is 88.7 Å². The van der Waals surface area contributed by atoms with Gasteiger partial charge in [0.1, 0.15) is 22.8 Å². The summed E-state index contributed by atoms with van der Waals surface area (Å²) in [6.07, 6.45) is 0.478. The Morgan fingerprint density at radius 2 is 2.12 bits per heavy atom. The molecule has 0 bridgehead atoms. The van der Waals surface area contributed by atoms with Crippen molar-refractivity contribution in [1.29, 1.82) is 0 Å². The number of aliphatic hydroxyl groups is 1. The van der Waals surface area contributed by atoms with E-state index in [0.717, 1.165) is 5.56 Å². The van der Waals surface area contributed by atoms with Crippen molar-refractivity contribution >= 4 is 5.91 Å². The molecular weight excluding hydrogens is 329 g/mol. The summed E-state index contributed by atoms with van der Waals surface area (Å²) in [5.41, 5.74) is 1.02. The summed E-state index contributed by atoms with van der Waals surface area (Å²) in [5.74, 6) is -0.446. The van der Waals surface area contributed by atoms with Crippen LogP contribution in [0.3, 0.4) is 0 Å². The number of aromatic nitrogens is 2. The van der Waals surface area contributed by atoms with Crippen molar-refractivity contribution < 1.29 is 23.7 Å². The van der Waals surface area contributed by atoms with Crippen LogP contribution in [0.5, 0.6) is 0 Å². The van der Waals surface area contributed by atoms with E-state index < -0.39 is 5.60 Å². The van der Waals surface area contributed by atoms with Crippen LogP contribution >= 0.6 is 0 Å². The second-order valence-electron chi connectivity index (χ2n) is 6.28. The number of aryl methyl sites for hydroxylation is 1. The minimum absolute atomic E-state index is 0.0907. The molecule has 2 heterocycles. The fourth-order valence-corrected chi connectivity index (χ4v) is 2.96. The van der Waals surface area contributed by atoms with Gasteiger partial charge in [-0.25, -0.2) is 9.02 Å². The highest BCUT2D eigenvalue weighted by Crippen LogP contribution is 2.24. The number of aliphatic hydroxyl groups excluding tert-OH is 1. The van der Waals surface area contributed by atoms with E-state index in [1.54, 1.807) is 24.0 Å². The Balaban J connectivity index is 1.70. The van der Waals surface area contributed by atoms with Gasteiger partial charge in [0.15, 0.2) is 0 Å². The highest BCUT2D eigenvalue weighted by Gasteiger charge is 2.38. The Labute approximate surface area is 144 Å². The lowest BCUT2D eigenvalue weighted by atomic mass is 9.93. The third kappa shape index (κ3) is 4.02. The largest absolute Gasteiger partial charge is 0.393 e. The highest BCUT2D eigenvalue weighted by atomic mass is 19.1. The van der Waals surface area contributed by atoms with Gasteiger partial charge in [0.2, 0.25) is 5.91 Å². The summed E-state index contributed by atoms with van der Waals surface area (Å²) >= 11 is 0. The zero-order valence-electron chi connectivity index (χ0n) is 13.9. The Kier molecular flexibility index (Phi) is 5.10. The molecule has 7 nitrogen and oxygen atoms in total. The second kappa shape index (κ2) is 7.28. The molecule has 1 aliphatic rings. The third-order valence-corrected chi connectivity index (χ3v) is 4.39. The van der Waals surface area contributed by atoms with Crippen LogP contribution in [0, 0.1) is 12.7 Å². The first-order chi connectivity index (χ1) is 12.0. The van der Waals surface area contributed by atoms with Crippen LogP contribution in [0.15, 0.2) is 28.9 Å². The third-order valence-electron chi connectivity index (χ3n) is 4.39. The molecular formula is C17H20FN3O4. The quantitative estimate of drug-likeness (QED) is 0.862. The number of nitrogens with zero attached hydrogens (tertiary/aromatic N) is 3. The number of carbonyl (C=O) groups is 1. The van der Waals surface area contributed by atoms with E-state index >= 15 is 0 Å². The van der Waals surface area contributed by atoms with Crippen LogP contribution in [0.1, 0.15) is 17.0 Å². The van der Waals surface area contributed by atoms with Gasteiger partial charge in [0.05, 0.1) is 26.2 Å². The summed E-state index contributed by atoms with van der Waals surface area (Å²) in [7, 11) is 0. The standard InChI is InChI=1S/C17H20FN3O4/c1-12-15(20-25-19-12)8-16(23)21-6-7-24-17(10-21,11-22)9-13-2-4-14(18)5-3-13/h2-5,22H,6-11H2,1H3/t17-/m1/s1. The van der Waals surface area contributed by atoms with Crippen LogP contribution < -0.4 is 0 Å². The molecule has 0 spiro atoms. The van der Waals surface area contributed by atoms with Gasteiger partial charge in [-0.3, -0.25) is 4.79 Å². The average molecular weight is 349 g/mol. The van der Waals surface area contributed by atoms with E-state index in [1.165, 1.54) is 12.1 Å². The van der Waals surface area contributed by atoms with E-state index in [2.05, 4.69) is 14.9 Å². The van der Waals surface area contributed by atoms with Gasteiger partial charge in [-0.2, -0.15) is 0 Å². The van der Waals surface area contributed by atoms with E-state index in [-0.39, 0.29) is 31.3 Å². The lowest BCUT2D eigenvalue weighted by Crippen LogP contribution is -2.57. The average Bonchev–Trinajstić information content (AvgIpc) is 3.02. The first-order valence-corrected chi connectivity index (χ1v) is 8.06. The van der Waals surface area contributed by atoms with E-state index in [9.17, 15) is 14.3 Å². The molecule has 3 rings (SSSR count). The van der Waals surface area contributed by atoms with Crippen LogP contribution in [0.25, 0.3) is 0 Å². The molecule has 0 aliphatic carbocycles. The molecule has 1 aromatic carbocycles. The van der Waals surface area contributed by atoms with E-state index in [0.29, 0.717) is 31.0 Å². The van der Waals surface area contributed by atoms with Crippen molar-refractivity contribution in [3.63, 3.8) is 0 Å². The van der Waals surface area contributed by atoms with Crippen molar-refractivity contribution in [1.82, 2.24) is 15.2 Å². The van der Waals surface area contributed by atoms with Crippen LogP contribution in [-0.2, 0) is 22.4 Å². The first-order valence-electron chi connectivity index (χ1n) is 8.06. The molecule has 1 aliphatic heterocycles. The van der Waals surface area contributed by atoms with Crippen molar-refractivity contribution in [2.24, 2.45) is 0 Å². The fourth-order valence-electron chi connectivity index (χ4n) is 2.96. The van der Waals surface area contributed by atoms with Crippen molar-refractivity contribution in [3.8, 4) is 0 Å². The summed E-state index contributed by atoms with van der Waals surface area (Å²) in [5, 5.41) is 17.3. The molecule has 1 saturated heterocycles. The van der Waals surface area contributed by atoms with Crippen LogP contribution in [0.2, 0.25) is 0 Å². The molecule has 8 heteroatoms. The first kappa shape index (κ1) is 17.5. The Bertz CT molecular complexity index is 734. The number of halogens is 1. The van der Waals surface area contributed by atoms with Crippen molar-refractivity contribution in [2.75, 3.05) is 26.3 Å². The zero-order valence-corrected chi connectivity index (χ0v) is 13.9. The van der Waals surface area contributed by atoms with Crippen LogP contribution in [-0.4, -0.2) is 58.1 Å². The molecule has 2 aromatic rings. The van der Waals surface area contributed by atoms with Gasteiger partial charge >= 0.3 is 0 Å². The summed E-state index contributed by atoms with van der Waals surface area (Å²) in [6, 6.07) is 6.04. The number of amides is 1. The Hall–Kier alpha value is -2.32. The number of hydrogen-bond acceptors (Lipinski definition) is 6. The molecule has 1 aromatic heterocycles. The molecule has 0 saturated carbocycles. The molecule has 0 radical (unpaired) electrons. The van der Waals surface area contributed by atoms with Crippen molar-refractivity contribution in [3.05, 3.63) is 47.0 Å². The lowest BCUT2D eigenvalue weighted by molar-refractivity contribution is -0.157. The fraction of sp³-hybridized carbons (Fsp3) is 0.471. The van der Waals surface area contributed by atoms with Gasteiger partial charge < -0.3 is 14.7 Å². The molecule has 1 atom stereocenters. The van der Waals surface area contributed by atoms with Gasteiger partial charge in [-0.1, -0.05) is 22.4 Å². The van der Waals surface area contributed by atoms with Gasteiger partial charge in [0.25, 0.3) is 0 Å². The number of morpholine rings is 1. The van der Waals surface area contributed by atoms with Crippen LogP contribution in [0.4, 0.5) is 4.39 Å². The number of ether oxygens (including phenoxy) is 1. The predicted octanol–water partition coefficient (Wildman–Crippen LogP) is 0.892. The SMILES string of the molecule is Cc1nonc1CC(=O)N1CCO[C@](CO)(Cc2ccc(F)cc2)C1. The van der Waals surface area contributed by atoms with Gasteiger partial charge in [-0.05, 0) is 24.6 Å². The van der Waals surface area contributed by atoms with Gasteiger partial charge in [-0.15, -0.1) is 0 Å². The molecule has 1 N–H and O–H groups in total. The Morgan fingerprint density at radius 1 is 1.36 bits per heavy atom. The maximum Gasteiger partial charge on any atom is 0.228 e. The summed E-state index contributed by atoms with van der Waals surface area (Å²) in [6.45, 7) is 2.51. The molecule has 1 amide bonds. The maximum atomic E-state index is 13.1. The minimum atomic E-state index is -0.900. The van der Waals surface area contributed by atoms with Gasteiger partial charge in [0, 0.05) is 13.0 Å². The van der Waals surface area contributed by atoms with Crippen molar-refractivity contribution in [2.45, 2.75) is 25.4 Å². The second-order valence-corrected chi connectivity index (χ2v) is 6.28. The molecule has 25 heavy (non-hydrogen) atoms. The van der Waals surface area contributed by atoms with E-state index in [4.69, 9.17) is 4.74 Å². The highest BCUT2D eigenvalue weighted by molar-refractivity contribution is 5.78. The summed E-state index contributed by atoms with van der Waals surface area (Å²) in [4.78, 5) is 14.2. The lowest BCUT2D eigenvalue weighted by Gasteiger charge is -2.42. The minimum Gasteiger partial charge on any atom is -0.393 e. The Morgan fingerprint density at radius 3 is 2.76 bits per heavy atom. The molecule has 0 unspecified atom stereocenters. The molecule has 1 fully saturated rings. The maximum absolute atomic E-state index is 13.1. The zero-order chi connectivity index (χ0) is 17.9.